The number of carbonyl (C=O) groups is 1. The fourth-order valence-electron chi connectivity index (χ4n) is 2.06. The van der Waals surface area contributed by atoms with Gasteiger partial charge in [0, 0.05) is 17.0 Å². The Morgan fingerprint density at radius 1 is 1.30 bits per heavy atom. The van der Waals surface area contributed by atoms with E-state index in [-0.39, 0.29) is 5.69 Å². The minimum Gasteiger partial charge on any atom is -0.453 e. The summed E-state index contributed by atoms with van der Waals surface area (Å²) in [5.74, 6) is 1.49. The number of nitrogens with one attached hydrogen (secondary N) is 2. The number of amides is 1. The minimum absolute atomic E-state index is 0.137. The molecular formula is C18H20N4O4S. The van der Waals surface area contributed by atoms with Gasteiger partial charge in [-0.2, -0.15) is 0 Å². The summed E-state index contributed by atoms with van der Waals surface area (Å²) in [4.78, 5) is 29.1. The number of hydrogen-bond acceptors (Lipinski definition) is 6. The van der Waals surface area contributed by atoms with Gasteiger partial charge in [-0.15, -0.1) is 11.8 Å². The number of ether oxygens (including phenoxy) is 1. The number of thioether (sulfide) groups is 1. The van der Waals surface area contributed by atoms with E-state index in [2.05, 4.69) is 26.9 Å². The average Bonchev–Trinajstić information content (AvgIpc) is 3.08. The predicted octanol–water partition coefficient (Wildman–Crippen LogP) is 4.84. The van der Waals surface area contributed by atoms with Crippen LogP contribution >= 0.6 is 11.8 Å². The summed E-state index contributed by atoms with van der Waals surface area (Å²) in [5.41, 5.74) is 1.86. The Bertz CT molecular complexity index is 899. The first-order chi connectivity index (χ1) is 13.0. The first-order valence-electron chi connectivity index (χ1n) is 8.20. The van der Waals surface area contributed by atoms with Crippen molar-refractivity contribution in [3.63, 3.8) is 0 Å². The third kappa shape index (κ3) is 6.30. The molecule has 0 bridgehead atoms. The number of para-hydroxylation sites is 1. The molecule has 2 aromatic carbocycles. The molecule has 1 amide bonds. The van der Waals surface area contributed by atoms with Crippen molar-refractivity contribution in [2.45, 2.75) is 18.2 Å². The summed E-state index contributed by atoms with van der Waals surface area (Å²) in [6.45, 7) is 2.15. The molecule has 1 aromatic heterocycles. The van der Waals surface area contributed by atoms with Gasteiger partial charge in [0.2, 0.25) is 5.95 Å². The molecule has 0 aliphatic heterocycles. The SMILES string of the molecule is CCCSc1ccc2nc(NC(=O)OC)[nH]c2c1.O=[N+]([O-])c1ccccc1. The molecule has 0 spiro atoms. The van der Waals surface area contributed by atoms with Gasteiger partial charge in [0.1, 0.15) is 0 Å². The Hall–Kier alpha value is -3.07. The Labute approximate surface area is 160 Å². The van der Waals surface area contributed by atoms with Crippen molar-refractivity contribution >= 4 is 40.5 Å². The highest BCUT2D eigenvalue weighted by Gasteiger charge is 2.07. The molecule has 0 atom stereocenters. The van der Waals surface area contributed by atoms with E-state index >= 15 is 0 Å². The van der Waals surface area contributed by atoms with Crippen LogP contribution in [0, 0.1) is 10.1 Å². The molecule has 2 N–H and O–H groups in total. The van der Waals surface area contributed by atoms with E-state index in [1.165, 1.54) is 24.1 Å². The summed E-state index contributed by atoms with van der Waals surface area (Å²) in [6.07, 6.45) is 0.607. The topological polar surface area (TPSA) is 110 Å². The monoisotopic (exact) mass is 388 g/mol. The summed E-state index contributed by atoms with van der Waals surface area (Å²) in [5, 5.41) is 12.5. The standard InChI is InChI=1S/C12H15N3O2S.C6H5NO2/c1-3-6-18-8-4-5-9-10(7-8)14-11(13-9)15-12(16)17-2;8-7(9)6-4-2-1-3-5-6/h4-5,7H,3,6H2,1-2H3,(H2,13,14,15,16);1-5H. The van der Waals surface area contributed by atoms with Crippen LogP contribution in [-0.2, 0) is 4.74 Å². The number of imidazole rings is 1. The second-order valence-corrected chi connectivity index (χ2v) is 6.49. The number of hydrogen-bond donors (Lipinski definition) is 2. The number of aromatic amines is 1. The average molecular weight is 388 g/mol. The maximum atomic E-state index is 11.1. The van der Waals surface area contributed by atoms with Gasteiger partial charge in [-0.25, -0.2) is 9.78 Å². The van der Waals surface area contributed by atoms with Crippen molar-refractivity contribution in [2.75, 3.05) is 18.2 Å². The lowest BCUT2D eigenvalue weighted by Crippen LogP contribution is -2.11. The number of nitro benzene ring substituents is 1. The van der Waals surface area contributed by atoms with E-state index in [1.807, 2.05) is 18.2 Å². The predicted molar refractivity (Wildman–Crippen MR) is 106 cm³/mol. The largest absolute Gasteiger partial charge is 0.453 e. The van der Waals surface area contributed by atoms with Crippen molar-refractivity contribution in [3.8, 4) is 0 Å². The molecule has 0 saturated heterocycles. The number of fused-ring (bicyclic) bond motifs is 1. The Balaban J connectivity index is 0.000000244. The zero-order valence-electron chi connectivity index (χ0n) is 15.0. The molecule has 3 aromatic rings. The normalized spacial score (nSPS) is 10.0. The summed E-state index contributed by atoms with van der Waals surface area (Å²) < 4.78 is 4.51. The van der Waals surface area contributed by atoms with Crippen LogP contribution in [0.25, 0.3) is 11.0 Å². The molecule has 3 rings (SSSR count). The van der Waals surface area contributed by atoms with Crippen molar-refractivity contribution in [2.24, 2.45) is 0 Å². The van der Waals surface area contributed by atoms with E-state index in [9.17, 15) is 14.9 Å². The van der Waals surface area contributed by atoms with Crippen LogP contribution in [0.3, 0.4) is 0 Å². The molecular weight excluding hydrogens is 368 g/mol. The van der Waals surface area contributed by atoms with Gasteiger partial charge >= 0.3 is 6.09 Å². The summed E-state index contributed by atoms with van der Waals surface area (Å²) in [6, 6.07) is 13.9. The number of nitrogens with zero attached hydrogens (tertiary/aromatic N) is 2. The first kappa shape index (κ1) is 20.2. The van der Waals surface area contributed by atoms with Crippen LogP contribution in [0.5, 0.6) is 0 Å². The summed E-state index contributed by atoms with van der Waals surface area (Å²) >= 11 is 1.80. The maximum absolute atomic E-state index is 11.1. The van der Waals surface area contributed by atoms with E-state index in [1.54, 1.807) is 30.0 Å². The van der Waals surface area contributed by atoms with Gasteiger partial charge in [0.15, 0.2) is 0 Å². The highest BCUT2D eigenvalue weighted by atomic mass is 32.2. The lowest BCUT2D eigenvalue weighted by atomic mass is 10.3. The second kappa shape index (κ2) is 10.2. The van der Waals surface area contributed by atoms with E-state index in [0.29, 0.717) is 5.95 Å². The second-order valence-electron chi connectivity index (χ2n) is 5.32. The number of anilines is 1. The van der Waals surface area contributed by atoms with Gasteiger partial charge < -0.3 is 9.72 Å². The molecule has 142 valence electrons. The van der Waals surface area contributed by atoms with E-state index in [0.717, 1.165) is 23.2 Å². The molecule has 0 aliphatic carbocycles. The van der Waals surface area contributed by atoms with Crippen molar-refractivity contribution in [3.05, 3.63) is 58.6 Å². The van der Waals surface area contributed by atoms with Crippen molar-refractivity contribution < 1.29 is 14.5 Å². The number of methoxy groups -OCH3 is 1. The van der Waals surface area contributed by atoms with Gasteiger partial charge in [0.05, 0.1) is 23.1 Å². The molecule has 8 nitrogen and oxygen atoms in total. The molecule has 27 heavy (non-hydrogen) atoms. The van der Waals surface area contributed by atoms with Gasteiger partial charge in [-0.1, -0.05) is 25.1 Å². The van der Waals surface area contributed by atoms with Crippen LogP contribution in [0.4, 0.5) is 16.4 Å². The number of carbonyl (C=O) groups excluding carboxylic acids is 1. The van der Waals surface area contributed by atoms with Gasteiger partial charge in [0.25, 0.3) is 5.69 Å². The summed E-state index contributed by atoms with van der Waals surface area (Å²) in [7, 11) is 1.32. The van der Waals surface area contributed by atoms with Gasteiger partial charge in [-0.3, -0.25) is 15.4 Å². The third-order valence-electron chi connectivity index (χ3n) is 3.30. The van der Waals surface area contributed by atoms with Crippen LogP contribution in [0.1, 0.15) is 13.3 Å². The lowest BCUT2D eigenvalue weighted by Gasteiger charge is -1.98. The Morgan fingerprint density at radius 2 is 2.04 bits per heavy atom. The lowest BCUT2D eigenvalue weighted by molar-refractivity contribution is -0.384. The molecule has 1 heterocycles. The number of H-pyrrole nitrogens is 1. The van der Waals surface area contributed by atoms with E-state index in [4.69, 9.17) is 0 Å². The fraction of sp³-hybridized carbons (Fsp3) is 0.222. The molecule has 9 heteroatoms. The molecule has 0 aliphatic rings. The van der Waals surface area contributed by atoms with Crippen LogP contribution < -0.4 is 5.32 Å². The van der Waals surface area contributed by atoms with E-state index < -0.39 is 11.0 Å². The number of benzene rings is 2. The zero-order valence-corrected chi connectivity index (χ0v) is 15.8. The highest BCUT2D eigenvalue weighted by Crippen LogP contribution is 2.23. The number of rotatable bonds is 5. The molecule has 0 radical (unpaired) electrons. The highest BCUT2D eigenvalue weighted by molar-refractivity contribution is 7.99. The molecule has 0 unspecified atom stereocenters. The smallest absolute Gasteiger partial charge is 0.413 e. The Morgan fingerprint density at radius 3 is 2.63 bits per heavy atom. The van der Waals surface area contributed by atoms with Crippen LogP contribution in [-0.4, -0.2) is 33.8 Å². The van der Waals surface area contributed by atoms with Crippen molar-refractivity contribution in [1.29, 1.82) is 0 Å². The number of nitro groups is 1. The maximum Gasteiger partial charge on any atom is 0.413 e. The number of non-ortho nitro benzene ring substituents is 1. The van der Waals surface area contributed by atoms with Crippen LogP contribution in [0.15, 0.2) is 53.4 Å². The first-order valence-corrected chi connectivity index (χ1v) is 9.19. The zero-order chi connectivity index (χ0) is 19.6. The molecule has 0 fully saturated rings. The van der Waals surface area contributed by atoms with Crippen LogP contribution in [0.2, 0.25) is 0 Å². The minimum atomic E-state index is -0.533. The fourth-order valence-corrected chi connectivity index (χ4v) is 2.86. The third-order valence-corrected chi connectivity index (χ3v) is 4.50. The molecule has 0 saturated carbocycles. The van der Waals surface area contributed by atoms with Gasteiger partial charge in [-0.05, 0) is 30.4 Å². The van der Waals surface area contributed by atoms with Crippen molar-refractivity contribution in [1.82, 2.24) is 9.97 Å². The quantitative estimate of drug-likeness (QED) is 0.368. The number of aromatic nitrogens is 2. The Kier molecular flexibility index (Phi) is 7.63.